The molecule has 1 saturated heterocycles. The second-order valence-electron chi connectivity index (χ2n) is 6.59. The van der Waals surface area contributed by atoms with Crippen molar-refractivity contribution in [2.45, 2.75) is 13.1 Å². The van der Waals surface area contributed by atoms with E-state index in [1.54, 1.807) is 21.3 Å². The second kappa shape index (κ2) is 8.92. The van der Waals surface area contributed by atoms with Gasteiger partial charge in [-0.3, -0.25) is 9.80 Å². The summed E-state index contributed by atoms with van der Waals surface area (Å²) in [5, 5.41) is 0. The highest BCUT2D eigenvalue weighted by atomic mass is 16.5. The van der Waals surface area contributed by atoms with Crippen LogP contribution < -0.4 is 14.2 Å². The molecule has 1 aliphatic rings. The van der Waals surface area contributed by atoms with E-state index in [-0.39, 0.29) is 0 Å². The Labute approximate surface area is 156 Å². The first kappa shape index (κ1) is 18.5. The summed E-state index contributed by atoms with van der Waals surface area (Å²) in [7, 11) is 5.06. The van der Waals surface area contributed by atoms with Crippen LogP contribution in [0.5, 0.6) is 17.2 Å². The summed E-state index contributed by atoms with van der Waals surface area (Å²) in [6, 6.07) is 14.5. The third-order valence-corrected chi connectivity index (χ3v) is 4.86. The summed E-state index contributed by atoms with van der Waals surface area (Å²) >= 11 is 0. The molecule has 1 fully saturated rings. The monoisotopic (exact) mass is 356 g/mol. The SMILES string of the molecule is COc1cccc(CN2CCN(Cc3ccc(OC)c(OC)c3)CC2)c1. The molecule has 2 aromatic rings. The van der Waals surface area contributed by atoms with Crippen molar-refractivity contribution in [3.63, 3.8) is 0 Å². The number of rotatable bonds is 7. The lowest BCUT2D eigenvalue weighted by molar-refractivity contribution is 0.122. The molecule has 1 heterocycles. The quantitative estimate of drug-likeness (QED) is 0.762. The smallest absolute Gasteiger partial charge is 0.161 e. The molecule has 5 heteroatoms. The first-order valence-corrected chi connectivity index (χ1v) is 9.00. The van der Waals surface area contributed by atoms with E-state index >= 15 is 0 Å². The Morgan fingerprint density at radius 3 is 1.88 bits per heavy atom. The fourth-order valence-corrected chi connectivity index (χ4v) is 3.37. The lowest BCUT2D eigenvalue weighted by Crippen LogP contribution is -2.45. The molecule has 0 amide bonds. The minimum absolute atomic E-state index is 0.777. The second-order valence-corrected chi connectivity index (χ2v) is 6.59. The van der Waals surface area contributed by atoms with Crippen LogP contribution in [0.3, 0.4) is 0 Å². The molecular weight excluding hydrogens is 328 g/mol. The lowest BCUT2D eigenvalue weighted by atomic mass is 10.1. The third kappa shape index (κ3) is 4.68. The Hall–Kier alpha value is -2.24. The van der Waals surface area contributed by atoms with Crippen LogP contribution >= 0.6 is 0 Å². The van der Waals surface area contributed by atoms with Crippen molar-refractivity contribution in [1.29, 1.82) is 0 Å². The number of methoxy groups -OCH3 is 3. The largest absolute Gasteiger partial charge is 0.497 e. The van der Waals surface area contributed by atoms with E-state index in [4.69, 9.17) is 14.2 Å². The summed E-state index contributed by atoms with van der Waals surface area (Å²) in [6.45, 7) is 6.19. The number of hydrogen-bond donors (Lipinski definition) is 0. The fraction of sp³-hybridized carbons (Fsp3) is 0.429. The molecule has 0 spiro atoms. The fourth-order valence-electron chi connectivity index (χ4n) is 3.37. The minimum Gasteiger partial charge on any atom is -0.497 e. The maximum atomic E-state index is 5.41. The zero-order chi connectivity index (χ0) is 18.4. The summed E-state index contributed by atoms with van der Waals surface area (Å²) in [6.07, 6.45) is 0. The molecule has 26 heavy (non-hydrogen) atoms. The zero-order valence-electron chi connectivity index (χ0n) is 15.9. The molecule has 0 atom stereocenters. The van der Waals surface area contributed by atoms with E-state index in [2.05, 4.69) is 40.1 Å². The molecule has 0 N–H and O–H groups in total. The predicted molar refractivity (Wildman–Crippen MR) is 103 cm³/mol. The Morgan fingerprint density at radius 1 is 0.692 bits per heavy atom. The van der Waals surface area contributed by atoms with Crippen LogP contribution in [0.1, 0.15) is 11.1 Å². The van der Waals surface area contributed by atoms with Crippen LogP contribution in [0.25, 0.3) is 0 Å². The van der Waals surface area contributed by atoms with Crippen LogP contribution in [-0.4, -0.2) is 57.3 Å². The molecule has 0 radical (unpaired) electrons. The van der Waals surface area contributed by atoms with Crippen LogP contribution in [0, 0.1) is 0 Å². The van der Waals surface area contributed by atoms with E-state index < -0.39 is 0 Å². The first-order chi connectivity index (χ1) is 12.7. The van der Waals surface area contributed by atoms with Crippen molar-refractivity contribution < 1.29 is 14.2 Å². The van der Waals surface area contributed by atoms with Gasteiger partial charge in [0.2, 0.25) is 0 Å². The Morgan fingerprint density at radius 2 is 1.31 bits per heavy atom. The van der Waals surface area contributed by atoms with Gasteiger partial charge >= 0.3 is 0 Å². The van der Waals surface area contributed by atoms with E-state index in [9.17, 15) is 0 Å². The van der Waals surface area contributed by atoms with E-state index in [1.165, 1.54) is 11.1 Å². The molecule has 3 rings (SSSR count). The number of benzene rings is 2. The van der Waals surface area contributed by atoms with Crippen molar-refractivity contribution >= 4 is 0 Å². The van der Waals surface area contributed by atoms with Crippen molar-refractivity contribution in [1.82, 2.24) is 9.80 Å². The first-order valence-electron chi connectivity index (χ1n) is 9.00. The number of ether oxygens (including phenoxy) is 3. The van der Waals surface area contributed by atoms with Gasteiger partial charge in [0.25, 0.3) is 0 Å². The number of nitrogens with zero attached hydrogens (tertiary/aromatic N) is 2. The molecular formula is C21H28N2O3. The highest BCUT2D eigenvalue weighted by Gasteiger charge is 2.18. The Balaban J connectivity index is 1.52. The molecule has 140 valence electrons. The van der Waals surface area contributed by atoms with Crippen molar-refractivity contribution in [2.75, 3.05) is 47.5 Å². The lowest BCUT2D eigenvalue weighted by Gasteiger charge is -2.34. The summed E-state index contributed by atoms with van der Waals surface area (Å²) in [5.74, 6) is 2.50. The van der Waals surface area contributed by atoms with Crippen LogP contribution in [-0.2, 0) is 13.1 Å². The van der Waals surface area contributed by atoms with Gasteiger partial charge in [-0.1, -0.05) is 18.2 Å². The van der Waals surface area contributed by atoms with Crippen molar-refractivity contribution in [3.8, 4) is 17.2 Å². The van der Waals surface area contributed by atoms with E-state index in [1.807, 2.05) is 12.1 Å². The average molecular weight is 356 g/mol. The van der Waals surface area contributed by atoms with Crippen LogP contribution in [0.2, 0.25) is 0 Å². The Bertz CT molecular complexity index is 712. The summed E-state index contributed by atoms with van der Waals surface area (Å²) in [4.78, 5) is 4.99. The highest BCUT2D eigenvalue weighted by Crippen LogP contribution is 2.28. The molecule has 0 aromatic heterocycles. The third-order valence-electron chi connectivity index (χ3n) is 4.86. The number of hydrogen-bond acceptors (Lipinski definition) is 5. The van der Waals surface area contributed by atoms with Gasteiger partial charge in [-0.05, 0) is 35.4 Å². The molecule has 0 aliphatic carbocycles. The van der Waals surface area contributed by atoms with Gasteiger partial charge in [-0.15, -0.1) is 0 Å². The normalized spacial score (nSPS) is 15.7. The summed E-state index contributed by atoms with van der Waals surface area (Å²) < 4.78 is 16.0. The van der Waals surface area contributed by atoms with Gasteiger partial charge in [0.1, 0.15) is 5.75 Å². The minimum atomic E-state index is 0.777. The van der Waals surface area contributed by atoms with Gasteiger partial charge in [0.15, 0.2) is 11.5 Å². The van der Waals surface area contributed by atoms with E-state index in [0.29, 0.717) is 0 Å². The van der Waals surface area contributed by atoms with Gasteiger partial charge in [-0.25, -0.2) is 0 Å². The molecule has 0 bridgehead atoms. The molecule has 2 aromatic carbocycles. The number of piperazine rings is 1. The molecule has 0 unspecified atom stereocenters. The van der Waals surface area contributed by atoms with Crippen LogP contribution in [0.4, 0.5) is 0 Å². The van der Waals surface area contributed by atoms with Gasteiger partial charge in [0, 0.05) is 39.3 Å². The maximum absolute atomic E-state index is 5.41. The predicted octanol–water partition coefficient (Wildman–Crippen LogP) is 3.03. The summed E-state index contributed by atoms with van der Waals surface area (Å²) in [5.41, 5.74) is 2.56. The molecule has 1 aliphatic heterocycles. The highest BCUT2D eigenvalue weighted by molar-refractivity contribution is 5.42. The van der Waals surface area contributed by atoms with Crippen LogP contribution in [0.15, 0.2) is 42.5 Å². The Kier molecular flexibility index (Phi) is 6.36. The van der Waals surface area contributed by atoms with E-state index in [0.717, 1.165) is 56.5 Å². The van der Waals surface area contributed by atoms with Gasteiger partial charge < -0.3 is 14.2 Å². The topological polar surface area (TPSA) is 34.2 Å². The molecule has 0 saturated carbocycles. The van der Waals surface area contributed by atoms with Crippen molar-refractivity contribution in [2.24, 2.45) is 0 Å². The maximum Gasteiger partial charge on any atom is 0.161 e. The molecule has 5 nitrogen and oxygen atoms in total. The standard InChI is InChI=1S/C21H28N2O3/c1-24-19-6-4-5-17(13-19)15-22-9-11-23(12-10-22)16-18-7-8-20(25-2)21(14-18)26-3/h4-8,13-14H,9-12,15-16H2,1-3H3. The zero-order valence-corrected chi connectivity index (χ0v) is 15.9. The van der Waals surface area contributed by atoms with Gasteiger partial charge in [0.05, 0.1) is 21.3 Å². The van der Waals surface area contributed by atoms with Crippen molar-refractivity contribution in [3.05, 3.63) is 53.6 Å². The average Bonchev–Trinajstić information content (AvgIpc) is 2.69. The van der Waals surface area contributed by atoms with Gasteiger partial charge in [-0.2, -0.15) is 0 Å².